The molecule has 0 bridgehead atoms. The highest BCUT2D eigenvalue weighted by Crippen LogP contribution is 2.28. The van der Waals surface area contributed by atoms with Crippen LogP contribution in [0.4, 0.5) is 5.69 Å². The van der Waals surface area contributed by atoms with E-state index >= 15 is 0 Å². The van der Waals surface area contributed by atoms with Gasteiger partial charge < -0.3 is 9.80 Å². The summed E-state index contributed by atoms with van der Waals surface area (Å²) in [5, 5.41) is 0.967. The molecule has 4 nitrogen and oxygen atoms in total. The summed E-state index contributed by atoms with van der Waals surface area (Å²) in [6.07, 6.45) is 0. The molecule has 1 atom stereocenters. The average molecular weight is 339 g/mol. The molecule has 0 fully saturated rings. The minimum absolute atomic E-state index is 0.0425. The van der Waals surface area contributed by atoms with Crippen molar-refractivity contribution in [2.75, 3.05) is 25.5 Å². The summed E-state index contributed by atoms with van der Waals surface area (Å²) in [5.41, 5.74) is 2.03. The van der Waals surface area contributed by atoms with E-state index in [9.17, 15) is 4.79 Å². The van der Waals surface area contributed by atoms with Crippen LogP contribution in [0.25, 0.3) is 10.2 Å². The van der Waals surface area contributed by atoms with Gasteiger partial charge in [0.15, 0.2) is 0 Å². The highest BCUT2D eigenvalue weighted by Gasteiger charge is 2.21. The zero-order chi connectivity index (χ0) is 17.1. The van der Waals surface area contributed by atoms with Crippen molar-refractivity contribution >= 4 is 33.1 Å². The number of carbonyl (C=O) groups is 1. The molecule has 0 aliphatic heterocycles. The first-order valence-corrected chi connectivity index (χ1v) is 8.75. The SMILES string of the molecule is C[C@H](c1nc2ccccc2s1)N(C)C(=O)CN(C)c1ccccc1. The molecule has 3 rings (SSSR count). The predicted octanol–water partition coefficient (Wildman–Crippen LogP) is 3.95. The molecule has 124 valence electrons. The summed E-state index contributed by atoms with van der Waals surface area (Å²) < 4.78 is 1.15. The number of carbonyl (C=O) groups excluding carboxylic acids is 1. The maximum atomic E-state index is 12.6. The largest absolute Gasteiger partial charge is 0.365 e. The van der Waals surface area contributed by atoms with Gasteiger partial charge in [-0.15, -0.1) is 11.3 Å². The number of hydrogen-bond acceptors (Lipinski definition) is 4. The van der Waals surface area contributed by atoms with E-state index in [2.05, 4.69) is 11.1 Å². The lowest BCUT2D eigenvalue weighted by molar-refractivity contribution is -0.130. The van der Waals surface area contributed by atoms with Crippen molar-refractivity contribution < 1.29 is 4.79 Å². The van der Waals surface area contributed by atoms with Gasteiger partial charge in [0, 0.05) is 19.8 Å². The fourth-order valence-electron chi connectivity index (χ4n) is 2.54. The first-order valence-electron chi connectivity index (χ1n) is 7.93. The molecule has 0 spiro atoms. The number of anilines is 1. The van der Waals surface area contributed by atoms with Crippen LogP contribution in [0.3, 0.4) is 0 Å². The molecule has 0 saturated carbocycles. The minimum atomic E-state index is -0.0425. The van der Waals surface area contributed by atoms with Gasteiger partial charge in [-0.1, -0.05) is 30.3 Å². The maximum absolute atomic E-state index is 12.6. The second-order valence-electron chi connectivity index (χ2n) is 5.89. The third-order valence-corrected chi connectivity index (χ3v) is 5.42. The number of likely N-dealkylation sites (N-methyl/N-ethyl adjacent to an activating group) is 2. The van der Waals surface area contributed by atoms with Crippen LogP contribution in [0.2, 0.25) is 0 Å². The Morgan fingerprint density at radius 3 is 2.46 bits per heavy atom. The number of amides is 1. The Bertz CT molecular complexity index is 798. The number of rotatable bonds is 5. The van der Waals surface area contributed by atoms with Crippen LogP contribution >= 0.6 is 11.3 Å². The van der Waals surface area contributed by atoms with Crippen LogP contribution < -0.4 is 4.90 Å². The Morgan fingerprint density at radius 1 is 1.08 bits per heavy atom. The highest BCUT2D eigenvalue weighted by atomic mass is 32.1. The minimum Gasteiger partial charge on any atom is -0.365 e. The van der Waals surface area contributed by atoms with Gasteiger partial charge in [0.2, 0.25) is 5.91 Å². The molecule has 0 saturated heterocycles. The Labute approximate surface area is 146 Å². The number of thiazole rings is 1. The molecular weight excluding hydrogens is 318 g/mol. The third-order valence-electron chi connectivity index (χ3n) is 4.21. The fraction of sp³-hybridized carbons (Fsp3) is 0.263. The van der Waals surface area contributed by atoms with Gasteiger partial charge in [-0.25, -0.2) is 4.98 Å². The van der Waals surface area contributed by atoms with E-state index in [0.717, 1.165) is 20.9 Å². The van der Waals surface area contributed by atoms with Gasteiger partial charge in [0.05, 0.1) is 22.8 Å². The van der Waals surface area contributed by atoms with Gasteiger partial charge in [-0.2, -0.15) is 0 Å². The monoisotopic (exact) mass is 339 g/mol. The first-order chi connectivity index (χ1) is 11.6. The molecule has 3 aromatic rings. The molecule has 0 aliphatic carbocycles. The summed E-state index contributed by atoms with van der Waals surface area (Å²) in [4.78, 5) is 21.0. The van der Waals surface area contributed by atoms with E-state index in [0.29, 0.717) is 6.54 Å². The standard InChI is InChI=1S/C19H21N3OS/c1-14(19-20-16-11-7-8-12-17(16)24-19)22(3)18(23)13-21(2)15-9-5-4-6-10-15/h4-12,14H,13H2,1-3H3/t14-/m1/s1. The fourth-order valence-corrected chi connectivity index (χ4v) is 3.60. The Hall–Kier alpha value is -2.40. The molecule has 1 aromatic heterocycles. The van der Waals surface area contributed by atoms with Crippen molar-refractivity contribution in [2.24, 2.45) is 0 Å². The molecule has 1 amide bonds. The van der Waals surface area contributed by atoms with Crippen LogP contribution in [-0.4, -0.2) is 36.4 Å². The number of aromatic nitrogens is 1. The molecule has 0 aliphatic rings. The van der Waals surface area contributed by atoms with E-state index in [1.54, 1.807) is 16.2 Å². The quantitative estimate of drug-likeness (QED) is 0.706. The molecule has 1 heterocycles. The normalized spacial score (nSPS) is 12.1. The van der Waals surface area contributed by atoms with Crippen molar-refractivity contribution in [3.05, 3.63) is 59.6 Å². The molecular formula is C19H21N3OS. The van der Waals surface area contributed by atoms with Crippen molar-refractivity contribution in [1.82, 2.24) is 9.88 Å². The van der Waals surface area contributed by atoms with Crippen molar-refractivity contribution in [3.8, 4) is 0 Å². The maximum Gasteiger partial charge on any atom is 0.242 e. The van der Waals surface area contributed by atoms with Crippen LogP contribution in [-0.2, 0) is 4.79 Å². The Kier molecular flexibility index (Phi) is 4.81. The lowest BCUT2D eigenvalue weighted by Gasteiger charge is -2.27. The van der Waals surface area contributed by atoms with Crippen molar-refractivity contribution in [1.29, 1.82) is 0 Å². The van der Waals surface area contributed by atoms with E-state index < -0.39 is 0 Å². The number of benzene rings is 2. The highest BCUT2D eigenvalue weighted by molar-refractivity contribution is 7.18. The lowest BCUT2D eigenvalue weighted by Crippen LogP contribution is -2.38. The third kappa shape index (κ3) is 3.41. The number of nitrogens with zero attached hydrogens (tertiary/aromatic N) is 3. The van der Waals surface area contributed by atoms with Crippen LogP contribution in [0, 0.1) is 0 Å². The second-order valence-corrected chi connectivity index (χ2v) is 6.95. The predicted molar refractivity (Wildman–Crippen MR) is 101 cm³/mol. The zero-order valence-corrected chi connectivity index (χ0v) is 15.0. The smallest absolute Gasteiger partial charge is 0.242 e. The summed E-state index contributed by atoms with van der Waals surface area (Å²) in [6.45, 7) is 2.37. The van der Waals surface area contributed by atoms with E-state index in [1.165, 1.54) is 0 Å². The Morgan fingerprint density at radius 2 is 1.75 bits per heavy atom. The Balaban J connectivity index is 1.70. The zero-order valence-electron chi connectivity index (χ0n) is 14.1. The van der Waals surface area contributed by atoms with Gasteiger partial charge in [0.1, 0.15) is 5.01 Å². The molecule has 5 heteroatoms. The number of fused-ring (bicyclic) bond motifs is 1. The van der Waals surface area contributed by atoms with Crippen molar-refractivity contribution in [2.45, 2.75) is 13.0 Å². The van der Waals surface area contributed by atoms with Gasteiger partial charge in [0.25, 0.3) is 0 Å². The molecule has 0 N–H and O–H groups in total. The molecule has 2 aromatic carbocycles. The molecule has 0 unspecified atom stereocenters. The average Bonchev–Trinajstić information content (AvgIpc) is 3.05. The van der Waals surface area contributed by atoms with Gasteiger partial charge in [-0.05, 0) is 31.2 Å². The van der Waals surface area contributed by atoms with Crippen LogP contribution in [0.15, 0.2) is 54.6 Å². The summed E-state index contributed by atoms with van der Waals surface area (Å²) in [7, 11) is 3.78. The lowest BCUT2D eigenvalue weighted by atomic mass is 10.2. The van der Waals surface area contributed by atoms with Gasteiger partial charge in [-0.3, -0.25) is 4.79 Å². The summed E-state index contributed by atoms with van der Waals surface area (Å²) in [6, 6.07) is 18.0. The second kappa shape index (κ2) is 7.01. The van der Waals surface area contributed by atoms with E-state index in [1.807, 2.05) is 74.4 Å². The van der Waals surface area contributed by atoms with Crippen LogP contribution in [0.5, 0.6) is 0 Å². The van der Waals surface area contributed by atoms with E-state index in [4.69, 9.17) is 0 Å². The van der Waals surface area contributed by atoms with Crippen LogP contribution in [0.1, 0.15) is 18.0 Å². The summed E-state index contributed by atoms with van der Waals surface area (Å²) in [5.74, 6) is 0.0770. The van der Waals surface area contributed by atoms with E-state index in [-0.39, 0.29) is 11.9 Å². The summed E-state index contributed by atoms with van der Waals surface area (Å²) >= 11 is 1.65. The van der Waals surface area contributed by atoms with Gasteiger partial charge >= 0.3 is 0 Å². The number of para-hydroxylation sites is 2. The topological polar surface area (TPSA) is 36.4 Å². The molecule has 0 radical (unpaired) electrons. The van der Waals surface area contributed by atoms with Crippen molar-refractivity contribution in [3.63, 3.8) is 0 Å². The number of hydrogen-bond donors (Lipinski definition) is 0. The first kappa shape index (κ1) is 16.5. The molecule has 24 heavy (non-hydrogen) atoms.